The largest absolute Gasteiger partial charge is 0.252 e. The van der Waals surface area contributed by atoms with Crippen molar-refractivity contribution in [2.75, 3.05) is 0 Å². The second-order valence-corrected chi connectivity index (χ2v) is 4.75. The lowest BCUT2D eigenvalue weighted by Crippen LogP contribution is -1.95. The fourth-order valence-corrected chi connectivity index (χ4v) is 1.71. The van der Waals surface area contributed by atoms with E-state index in [-0.39, 0.29) is 0 Å². The molecule has 2 rings (SSSR count). The molecular formula is C10H6BrCl2N3. The lowest BCUT2D eigenvalue weighted by atomic mass is 10.3. The van der Waals surface area contributed by atoms with Crippen LogP contribution in [0.1, 0.15) is 5.56 Å². The fraction of sp³-hybridized carbons (Fsp3) is 0.100. The molecule has 0 radical (unpaired) electrons. The maximum atomic E-state index is 5.93. The minimum Gasteiger partial charge on any atom is -0.252 e. The molecule has 0 spiro atoms. The Morgan fingerprint density at radius 3 is 2.25 bits per heavy atom. The smallest absolute Gasteiger partial charge is 0.181 e. The molecule has 2 heterocycles. The van der Waals surface area contributed by atoms with Gasteiger partial charge in [0.25, 0.3) is 0 Å². The van der Waals surface area contributed by atoms with Gasteiger partial charge in [0.2, 0.25) is 0 Å². The average molecular weight is 319 g/mol. The summed E-state index contributed by atoms with van der Waals surface area (Å²) in [4.78, 5) is 12.4. The summed E-state index contributed by atoms with van der Waals surface area (Å²) in [7, 11) is 0. The first-order chi connectivity index (χ1) is 7.58. The summed E-state index contributed by atoms with van der Waals surface area (Å²) in [6.07, 6.45) is 1.67. The van der Waals surface area contributed by atoms with Gasteiger partial charge in [0.15, 0.2) is 5.82 Å². The summed E-state index contributed by atoms with van der Waals surface area (Å²) in [5, 5.41) is 0.694. The average Bonchev–Trinajstić information content (AvgIpc) is 2.26. The van der Waals surface area contributed by atoms with Crippen molar-refractivity contribution in [1.82, 2.24) is 15.0 Å². The molecule has 2 aromatic heterocycles. The summed E-state index contributed by atoms with van der Waals surface area (Å²) in [6.45, 7) is 1.77. The van der Waals surface area contributed by atoms with Gasteiger partial charge in [-0.25, -0.2) is 9.97 Å². The molecule has 0 amide bonds. The van der Waals surface area contributed by atoms with E-state index < -0.39 is 0 Å². The van der Waals surface area contributed by atoms with Crippen LogP contribution in [0.5, 0.6) is 0 Å². The summed E-state index contributed by atoms with van der Waals surface area (Å²) in [5.41, 5.74) is 1.30. The van der Waals surface area contributed by atoms with Crippen molar-refractivity contribution in [1.29, 1.82) is 0 Å². The Hall–Kier alpha value is -0.710. The number of pyridine rings is 1. The lowest BCUT2D eigenvalue weighted by molar-refractivity contribution is 1.11. The molecule has 6 heteroatoms. The molecule has 0 atom stereocenters. The Bertz CT molecular complexity index is 505. The summed E-state index contributed by atoms with van der Waals surface area (Å²) in [6, 6.07) is 3.65. The highest BCUT2D eigenvalue weighted by atomic mass is 79.9. The molecule has 0 aliphatic rings. The zero-order valence-corrected chi connectivity index (χ0v) is 11.3. The van der Waals surface area contributed by atoms with Gasteiger partial charge >= 0.3 is 0 Å². The molecule has 0 aliphatic carbocycles. The second kappa shape index (κ2) is 4.65. The Kier molecular flexibility index (Phi) is 3.42. The van der Waals surface area contributed by atoms with Gasteiger partial charge in [-0.2, -0.15) is 0 Å². The molecule has 0 aromatic carbocycles. The highest BCUT2D eigenvalue weighted by molar-refractivity contribution is 9.10. The maximum Gasteiger partial charge on any atom is 0.181 e. The van der Waals surface area contributed by atoms with Gasteiger partial charge in [0, 0.05) is 16.2 Å². The molecule has 0 unspecified atom stereocenters. The summed E-state index contributed by atoms with van der Waals surface area (Å²) >= 11 is 15.2. The van der Waals surface area contributed by atoms with Crippen molar-refractivity contribution < 1.29 is 0 Å². The molecule has 0 bridgehead atoms. The quantitative estimate of drug-likeness (QED) is 0.748. The first-order valence-corrected chi connectivity index (χ1v) is 5.94. The minimum atomic E-state index is 0.347. The van der Waals surface area contributed by atoms with E-state index in [2.05, 4.69) is 30.9 Å². The number of aromatic nitrogens is 3. The van der Waals surface area contributed by atoms with Crippen LogP contribution in [0.3, 0.4) is 0 Å². The third-order valence-corrected chi connectivity index (χ3v) is 3.19. The Morgan fingerprint density at radius 1 is 1.12 bits per heavy atom. The van der Waals surface area contributed by atoms with Crippen LogP contribution in [0.2, 0.25) is 10.3 Å². The summed E-state index contributed by atoms with van der Waals surface area (Å²) in [5.74, 6) is 0.424. The molecule has 3 nitrogen and oxygen atoms in total. The number of hydrogen-bond acceptors (Lipinski definition) is 3. The van der Waals surface area contributed by atoms with Crippen LogP contribution >= 0.6 is 39.1 Å². The fourth-order valence-electron chi connectivity index (χ4n) is 1.09. The van der Waals surface area contributed by atoms with Crippen molar-refractivity contribution >= 4 is 39.1 Å². The van der Waals surface area contributed by atoms with Gasteiger partial charge in [-0.15, -0.1) is 0 Å². The first-order valence-electron chi connectivity index (χ1n) is 4.39. The van der Waals surface area contributed by atoms with E-state index in [0.717, 1.165) is 4.47 Å². The van der Waals surface area contributed by atoms with Crippen molar-refractivity contribution in [2.24, 2.45) is 0 Å². The topological polar surface area (TPSA) is 38.7 Å². The van der Waals surface area contributed by atoms with Crippen LogP contribution in [0.25, 0.3) is 11.5 Å². The van der Waals surface area contributed by atoms with E-state index in [9.17, 15) is 0 Å². The van der Waals surface area contributed by atoms with E-state index in [1.165, 1.54) is 0 Å². The van der Waals surface area contributed by atoms with Crippen molar-refractivity contribution in [3.63, 3.8) is 0 Å². The minimum absolute atomic E-state index is 0.347. The predicted octanol–water partition coefficient (Wildman–Crippen LogP) is 3.92. The van der Waals surface area contributed by atoms with E-state index in [4.69, 9.17) is 23.2 Å². The standard InChI is InChI=1S/C10H6BrCl2N3/c1-5-8(12)15-10(16-9(5)13)7-3-2-6(11)4-14-7/h2-4H,1H3. The van der Waals surface area contributed by atoms with Gasteiger partial charge in [-0.05, 0) is 35.0 Å². The number of halogens is 3. The highest BCUT2D eigenvalue weighted by Gasteiger charge is 2.09. The molecule has 0 N–H and O–H groups in total. The number of hydrogen-bond donors (Lipinski definition) is 0. The Balaban J connectivity index is 2.52. The molecule has 82 valence electrons. The molecule has 0 saturated heterocycles. The van der Waals surface area contributed by atoms with Gasteiger partial charge < -0.3 is 0 Å². The van der Waals surface area contributed by atoms with Gasteiger partial charge in [-0.3, -0.25) is 4.98 Å². The first kappa shape index (κ1) is 11.8. The third-order valence-electron chi connectivity index (χ3n) is 1.98. The van der Waals surface area contributed by atoms with E-state index in [1.807, 2.05) is 6.07 Å². The van der Waals surface area contributed by atoms with E-state index in [0.29, 0.717) is 27.4 Å². The SMILES string of the molecule is Cc1c(Cl)nc(-c2ccc(Br)cn2)nc1Cl. The van der Waals surface area contributed by atoms with E-state index >= 15 is 0 Å². The molecular weight excluding hydrogens is 313 g/mol. The monoisotopic (exact) mass is 317 g/mol. The van der Waals surface area contributed by atoms with Crippen molar-refractivity contribution in [3.05, 3.63) is 38.7 Å². The van der Waals surface area contributed by atoms with E-state index in [1.54, 1.807) is 19.2 Å². The number of rotatable bonds is 1. The number of nitrogens with zero attached hydrogens (tertiary/aromatic N) is 3. The van der Waals surface area contributed by atoms with Crippen LogP contribution in [0.15, 0.2) is 22.8 Å². The molecule has 0 aliphatic heterocycles. The Labute approximate surface area is 111 Å². The summed E-state index contributed by atoms with van der Waals surface area (Å²) < 4.78 is 0.889. The molecule has 16 heavy (non-hydrogen) atoms. The second-order valence-electron chi connectivity index (χ2n) is 3.12. The van der Waals surface area contributed by atoms with Gasteiger partial charge in [-0.1, -0.05) is 23.2 Å². The molecule has 0 saturated carbocycles. The highest BCUT2D eigenvalue weighted by Crippen LogP contribution is 2.24. The normalized spacial score (nSPS) is 10.5. The van der Waals surface area contributed by atoms with Crippen LogP contribution in [-0.2, 0) is 0 Å². The maximum absolute atomic E-state index is 5.93. The molecule has 0 fully saturated rings. The van der Waals surface area contributed by atoms with Crippen LogP contribution < -0.4 is 0 Å². The van der Waals surface area contributed by atoms with Crippen LogP contribution in [-0.4, -0.2) is 15.0 Å². The Morgan fingerprint density at radius 2 is 1.75 bits per heavy atom. The molecule has 2 aromatic rings. The van der Waals surface area contributed by atoms with Gasteiger partial charge in [0.05, 0.1) is 0 Å². The van der Waals surface area contributed by atoms with Crippen molar-refractivity contribution in [3.8, 4) is 11.5 Å². The lowest BCUT2D eigenvalue weighted by Gasteiger charge is -2.03. The van der Waals surface area contributed by atoms with Gasteiger partial charge in [0.1, 0.15) is 16.0 Å². The third kappa shape index (κ3) is 2.34. The zero-order valence-electron chi connectivity index (χ0n) is 8.21. The zero-order chi connectivity index (χ0) is 11.7. The van der Waals surface area contributed by atoms with Crippen molar-refractivity contribution in [2.45, 2.75) is 6.92 Å². The predicted molar refractivity (Wildman–Crippen MR) is 67.7 cm³/mol. The van der Waals surface area contributed by atoms with Crippen LogP contribution in [0.4, 0.5) is 0 Å². The van der Waals surface area contributed by atoms with Crippen LogP contribution in [0, 0.1) is 6.92 Å².